The second kappa shape index (κ2) is 5.14. The first-order valence-electron chi connectivity index (χ1n) is 6.92. The number of fused-ring (bicyclic) bond motifs is 1. The number of aromatic nitrogens is 3. The van der Waals surface area contributed by atoms with Crippen molar-refractivity contribution in [2.75, 3.05) is 11.9 Å². The third kappa shape index (κ3) is 2.28. The van der Waals surface area contributed by atoms with Crippen LogP contribution in [0.1, 0.15) is 21.6 Å². The van der Waals surface area contributed by atoms with Crippen LogP contribution in [-0.2, 0) is 0 Å². The topological polar surface area (TPSA) is 87.9 Å². The maximum Gasteiger partial charge on any atom is 0.248 e. The lowest BCUT2D eigenvalue weighted by Gasteiger charge is -2.21. The molecule has 6 nitrogen and oxygen atoms in total. The lowest BCUT2D eigenvalue weighted by molar-refractivity contribution is 0.1000. The zero-order valence-electron chi connectivity index (χ0n) is 12.7. The van der Waals surface area contributed by atoms with E-state index in [-0.39, 0.29) is 0 Å². The summed E-state index contributed by atoms with van der Waals surface area (Å²) < 4.78 is 0. The van der Waals surface area contributed by atoms with Crippen LogP contribution >= 0.6 is 0 Å². The minimum absolute atomic E-state index is 0.426. The number of carbonyl (C=O) groups is 1. The molecule has 0 saturated carbocycles. The highest BCUT2D eigenvalue weighted by Gasteiger charge is 2.13. The molecule has 1 aromatic carbocycles. The Bertz CT molecular complexity index is 868. The van der Waals surface area contributed by atoms with Gasteiger partial charge in [0.05, 0.1) is 17.5 Å². The minimum atomic E-state index is -0.426. The Morgan fingerprint density at radius 1 is 1.27 bits per heavy atom. The zero-order chi connectivity index (χ0) is 15.9. The molecule has 0 fully saturated rings. The van der Waals surface area contributed by atoms with Crippen LogP contribution in [0, 0.1) is 13.8 Å². The number of carbonyl (C=O) groups excluding carboxylic acids is 1. The molecule has 22 heavy (non-hydrogen) atoms. The van der Waals surface area contributed by atoms with Gasteiger partial charge in [0.15, 0.2) is 0 Å². The van der Waals surface area contributed by atoms with Crippen molar-refractivity contribution in [3.63, 3.8) is 0 Å². The van der Waals surface area contributed by atoms with E-state index in [2.05, 4.69) is 15.0 Å². The predicted octanol–water partition coefficient (Wildman–Crippen LogP) is 2.44. The molecule has 3 N–H and O–H groups in total. The molecule has 0 aliphatic heterocycles. The van der Waals surface area contributed by atoms with Gasteiger partial charge >= 0.3 is 0 Å². The predicted molar refractivity (Wildman–Crippen MR) is 86.4 cm³/mol. The number of hydrogen-bond donors (Lipinski definition) is 2. The number of pyridine rings is 1. The Morgan fingerprint density at radius 3 is 2.73 bits per heavy atom. The fourth-order valence-electron chi connectivity index (χ4n) is 2.57. The number of amides is 1. The summed E-state index contributed by atoms with van der Waals surface area (Å²) >= 11 is 0. The highest BCUT2D eigenvalue weighted by atomic mass is 16.1. The van der Waals surface area contributed by atoms with Crippen LogP contribution in [0.25, 0.3) is 11.0 Å². The van der Waals surface area contributed by atoms with Crippen LogP contribution in [0.3, 0.4) is 0 Å². The van der Waals surface area contributed by atoms with E-state index in [1.54, 1.807) is 18.5 Å². The maximum atomic E-state index is 11.3. The normalized spacial score (nSPS) is 10.9. The van der Waals surface area contributed by atoms with Crippen molar-refractivity contribution in [2.24, 2.45) is 5.73 Å². The number of H-pyrrole nitrogens is 1. The van der Waals surface area contributed by atoms with E-state index in [4.69, 9.17) is 5.73 Å². The van der Waals surface area contributed by atoms with Crippen molar-refractivity contribution < 1.29 is 4.79 Å². The van der Waals surface area contributed by atoms with Gasteiger partial charge in [0, 0.05) is 24.4 Å². The average Bonchev–Trinajstić information content (AvgIpc) is 2.95. The first-order valence-corrected chi connectivity index (χ1v) is 6.92. The molecule has 1 amide bonds. The van der Waals surface area contributed by atoms with Gasteiger partial charge in [-0.05, 0) is 37.6 Å². The summed E-state index contributed by atoms with van der Waals surface area (Å²) in [5.41, 5.74) is 10.4. The van der Waals surface area contributed by atoms with Crippen LogP contribution in [0.15, 0.2) is 30.6 Å². The first kappa shape index (κ1) is 14.1. The largest absolute Gasteiger partial charge is 0.366 e. The van der Waals surface area contributed by atoms with E-state index in [1.165, 1.54) is 0 Å². The molecule has 3 aromatic rings. The van der Waals surface area contributed by atoms with Gasteiger partial charge in [-0.15, -0.1) is 0 Å². The molecule has 112 valence electrons. The number of benzene rings is 1. The van der Waals surface area contributed by atoms with Crippen LogP contribution in [-0.4, -0.2) is 27.9 Å². The summed E-state index contributed by atoms with van der Waals surface area (Å²) in [7, 11) is 1.94. The Kier molecular flexibility index (Phi) is 3.29. The second-order valence-corrected chi connectivity index (χ2v) is 5.29. The highest BCUT2D eigenvalue weighted by Crippen LogP contribution is 2.28. The van der Waals surface area contributed by atoms with E-state index in [0.717, 1.165) is 33.8 Å². The second-order valence-electron chi connectivity index (χ2n) is 5.29. The fraction of sp³-hybridized carbons (Fsp3) is 0.188. The van der Waals surface area contributed by atoms with Gasteiger partial charge < -0.3 is 15.6 Å². The van der Waals surface area contributed by atoms with Gasteiger partial charge in [-0.25, -0.2) is 9.97 Å². The maximum absolute atomic E-state index is 11.3. The monoisotopic (exact) mass is 295 g/mol. The number of nitrogens with one attached hydrogen (secondary N) is 1. The Morgan fingerprint density at radius 2 is 2.05 bits per heavy atom. The number of anilines is 2. The van der Waals surface area contributed by atoms with Crippen molar-refractivity contribution >= 4 is 28.4 Å². The third-order valence-electron chi connectivity index (χ3n) is 3.75. The number of imidazole rings is 1. The van der Waals surface area contributed by atoms with E-state index < -0.39 is 5.91 Å². The van der Waals surface area contributed by atoms with Gasteiger partial charge in [0.25, 0.3) is 0 Å². The van der Waals surface area contributed by atoms with Gasteiger partial charge in [-0.1, -0.05) is 0 Å². The molecule has 0 aliphatic carbocycles. The van der Waals surface area contributed by atoms with Crippen molar-refractivity contribution in [3.05, 3.63) is 47.4 Å². The summed E-state index contributed by atoms with van der Waals surface area (Å²) in [6.45, 7) is 3.88. The van der Waals surface area contributed by atoms with Gasteiger partial charge in [-0.2, -0.15) is 0 Å². The number of nitrogens with zero attached hydrogens (tertiary/aromatic N) is 3. The molecule has 0 aliphatic rings. The fourth-order valence-corrected chi connectivity index (χ4v) is 2.57. The SMILES string of the molecule is Cc1cc(C(N)=O)ccc1N(C)c1cc2[nH]cnc2c(C)n1. The van der Waals surface area contributed by atoms with Crippen molar-refractivity contribution in [1.29, 1.82) is 0 Å². The molecule has 3 rings (SSSR count). The lowest BCUT2D eigenvalue weighted by Crippen LogP contribution is -2.15. The number of nitrogens with two attached hydrogens (primary N) is 1. The van der Waals surface area contributed by atoms with E-state index >= 15 is 0 Å². The van der Waals surface area contributed by atoms with E-state index in [0.29, 0.717) is 5.56 Å². The molecule has 0 radical (unpaired) electrons. The van der Waals surface area contributed by atoms with Crippen molar-refractivity contribution in [1.82, 2.24) is 15.0 Å². The van der Waals surface area contributed by atoms with Gasteiger partial charge in [0.1, 0.15) is 11.3 Å². The lowest BCUT2D eigenvalue weighted by atomic mass is 10.1. The Labute approximate surface area is 128 Å². The first-order chi connectivity index (χ1) is 10.5. The quantitative estimate of drug-likeness (QED) is 0.777. The minimum Gasteiger partial charge on any atom is -0.366 e. The zero-order valence-corrected chi connectivity index (χ0v) is 12.7. The van der Waals surface area contributed by atoms with Crippen LogP contribution in [0.5, 0.6) is 0 Å². The molecule has 0 saturated heterocycles. The number of hydrogen-bond acceptors (Lipinski definition) is 4. The number of rotatable bonds is 3. The average molecular weight is 295 g/mol. The Balaban J connectivity index is 2.05. The highest BCUT2D eigenvalue weighted by molar-refractivity contribution is 5.93. The molecule has 2 aromatic heterocycles. The molecule has 0 unspecified atom stereocenters. The summed E-state index contributed by atoms with van der Waals surface area (Å²) in [4.78, 5) is 25.2. The van der Waals surface area contributed by atoms with Gasteiger partial charge in [0.2, 0.25) is 5.91 Å². The molecular weight excluding hydrogens is 278 g/mol. The summed E-state index contributed by atoms with van der Waals surface area (Å²) in [6, 6.07) is 7.35. The van der Waals surface area contributed by atoms with Crippen molar-refractivity contribution in [2.45, 2.75) is 13.8 Å². The Hall–Kier alpha value is -2.89. The van der Waals surface area contributed by atoms with E-state index in [1.807, 2.05) is 37.9 Å². The molecule has 2 heterocycles. The number of aromatic amines is 1. The van der Waals surface area contributed by atoms with Gasteiger partial charge in [-0.3, -0.25) is 4.79 Å². The standard InChI is InChI=1S/C16H17N5O/c1-9-6-11(16(17)22)4-5-13(9)21(3)14-7-12-15(10(2)20-14)19-8-18-12/h4-8H,1-3H3,(H2,17,22)(H,18,19). The number of primary amides is 1. The smallest absolute Gasteiger partial charge is 0.248 e. The molecule has 6 heteroatoms. The van der Waals surface area contributed by atoms with Crippen molar-refractivity contribution in [3.8, 4) is 0 Å². The third-order valence-corrected chi connectivity index (χ3v) is 3.75. The summed E-state index contributed by atoms with van der Waals surface area (Å²) in [6.07, 6.45) is 1.66. The van der Waals surface area contributed by atoms with Crippen LogP contribution in [0.4, 0.5) is 11.5 Å². The van der Waals surface area contributed by atoms with Crippen LogP contribution < -0.4 is 10.6 Å². The molecular formula is C16H17N5O. The molecule has 0 bridgehead atoms. The summed E-state index contributed by atoms with van der Waals surface area (Å²) in [5, 5.41) is 0. The number of aryl methyl sites for hydroxylation is 2. The van der Waals surface area contributed by atoms with E-state index in [9.17, 15) is 4.79 Å². The molecule has 0 atom stereocenters. The van der Waals surface area contributed by atoms with Crippen LogP contribution in [0.2, 0.25) is 0 Å². The molecule has 0 spiro atoms. The summed E-state index contributed by atoms with van der Waals surface area (Å²) in [5.74, 6) is 0.384.